The molecular formula is C106H85BN2O2S2. The predicted molar refractivity (Wildman–Crippen MR) is 488 cm³/mol. The van der Waals surface area contributed by atoms with Crippen molar-refractivity contribution in [1.82, 2.24) is 0 Å². The molecule has 4 nitrogen and oxygen atoms in total. The largest absolute Gasteiger partial charge is 0.456 e. The number of hydrogen-bond acceptors (Lipinski definition) is 6. The lowest BCUT2D eigenvalue weighted by atomic mass is 9.33. The molecule has 0 fully saturated rings. The maximum atomic E-state index is 7.00. The van der Waals surface area contributed by atoms with Gasteiger partial charge in [0.15, 0.2) is 0 Å². The molecule has 0 amide bonds. The first-order valence-corrected chi connectivity index (χ1v) is 41.4. The van der Waals surface area contributed by atoms with Crippen LogP contribution in [0.25, 0.3) is 151 Å². The second-order valence-electron chi connectivity index (χ2n) is 35.5. The lowest BCUT2D eigenvalue weighted by molar-refractivity contribution is 0.589. The summed E-state index contributed by atoms with van der Waals surface area (Å²) in [4.78, 5) is 5.54. The first-order valence-electron chi connectivity index (χ1n) is 39.8. The highest BCUT2D eigenvalue weighted by atomic mass is 32.1. The Labute approximate surface area is 668 Å². The fraction of sp³-hybridized carbons (Fsp3) is 0.151. The number of benzene rings is 15. The zero-order valence-corrected chi connectivity index (χ0v) is 67.5. The van der Waals surface area contributed by atoms with Crippen molar-refractivity contribution in [3.05, 3.63) is 320 Å². The molecule has 2 aliphatic rings. The average molecular weight is 1490 g/mol. The van der Waals surface area contributed by atoms with Gasteiger partial charge in [0.1, 0.15) is 22.3 Å². The molecule has 113 heavy (non-hydrogen) atoms. The zero-order chi connectivity index (χ0) is 76.9. The molecular weight excluding hydrogens is 1410 g/mol. The van der Waals surface area contributed by atoms with E-state index >= 15 is 0 Å². The summed E-state index contributed by atoms with van der Waals surface area (Å²) in [5.41, 5.74) is 31.7. The molecule has 21 rings (SSSR count). The number of thiophene rings is 2. The van der Waals surface area contributed by atoms with Crippen LogP contribution in [-0.2, 0) is 21.7 Å². The van der Waals surface area contributed by atoms with E-state index in [9.17, 15) is 0 Å². The van der Waals surface area contributed by atoms with Gasteiger partial charge in [-0.3, -0.25) is 0 Å². The van der Waals surface area contributed by atoms with Crippen molar-refractivity contribution < 1.29 is 8.83 Å². The molecule has 0 spiro atoms. The van der Waals surface area contributed by atoms with E-state index < -0.39 is 0 Å². The van der Waals surface area contributed by atoms with Crippen molar-refractivity contribution in [3.8, 4) is 66.8 Å². The molecule has 0 atom stereocenters. The Morgan fingerprint density at radius 3 is 1.19 bits per heavy atom. The van der Waals surface area contributed by atoms with Crippen LogP contribution in [0.15, 0.2) is 306 Å². The monoisotopic (exact) mass is 1490 g/mol. The van der Waals surface area contributed by atoms with Gasteiger partial charge in [-0.05, 0) is 196 Å². The van der Waals surface area contributed by atoms with Crippen LogP contribution in [0.3, 0.4) is 0 Å². The van der Waals surface area contributed by atoms with Crippen molar-refractivity contribution in [1.29, 1.82) is 0 Å². The van der Waals surface area contributed by atoms with Gasteiger partial charge in [-0.15, -0.1) is 22.7 Å². The molecule has 0 N–H and O–H groups in total. The van der Waals surface area contributed by atoms with Crippen LogP contribution in [0.5, 0.6) is 0 Å². The van der Waals surface area contributed by atoms with Crippen LogP contribution in [0.4, 0.5) is 34.1 Å². The summed E-state index contributed by atoms with van der Waals surface area (Å²) in [6, 6.07) is 114. The van der Waals surface area contributed by atoms with Crippen LogP contribution in [0, 0.1) is 0 Å². The van der Waals surface area contributed by atoms with Gasteiger partial charge >= 0.3 is 0 Å². The number of furan rings is 2. The molecule has 15 aromatic carbocycles. The van der Waals surface area contributed by atoms with Crippen LogP contribution in [0.2, 0.25) is 0 Å². The Morgan fingerprint density at radius 1 is 0.248 bits per heavy atom. The maximum Gasteiger partial charge on any atom is 0.252 e. The molecule has 7 heteroatoms. The Hall–Kier alpha value is -12.0. The first-order chi connectivity index (χ1) is 54.6. The number of fused-ring (bicyclic) bond motifs is 16. The normalized spacial score (nSPS) is 13.3. The minimum absolute atomic E-state index is 0.152. The highest BCUT2D eigenvalue weighted by Crippen LogP contribution is 2.59. The highest BCUT2D eigenvalue weighted by molar-refractivity contribution is 7.26. The van der Waals surface area contributed by atoms with Gasteiger partial charge in [0, 0.05) is 107 Å². The minimum Gasteiger partial charge on any atom is -0.456 e. The summed E-state index contributed by atoms with van der Waals surface area (Å²) < 4.78 is 19.0. The first kappa shape index (κ1) is 69.0. The number of para-hydroxylation sites is 3. The van der Waals surface area contributed by atoms with Gasteiger partial charge in [0.25, 0.3) is 6.71 Å². The summed E-state index contributed by atoms with van der Waals surface area (Å²) in [5.74, 6) is 0. The Balaban J connectivity index is 0.963. The zero-order valence-electron chi connectivity index (χ0n) is 65.9. The second kappa shape index (κ2) is 25.3. The van der Waals surface area contributed by atoms with Gasteiger partial charge in [-0.2, -0.15) is 0 Å². The number of anilines is 6. The summed E-state index contributed by atoms with van der Waals surface area (Å²) in [7, 11) is 0. The number of rotatable bonds is 8. The van der Waals surface area contributed by atoms with E-state index in [1.165, 1.54) is 112 Å². The standard InChI is InChI=1S/C106H85BN2O2S2/c1-103(2,3)66-50-51-82-85(59-66)109(102-80(72-36-26-44-91-97(72)77-32-17-21-42-89(77)111-91)57-68(105(7,8)9)58-81(102)73-38-28-48-95-99(73)79-34-19-23-46-93(79)113-95)87-61-69(106(10,11)12)60-86-100(87)107(82)83-56-63(65-53-64(62-29-14-13-15-30-62)54-67(55-65)104(4,5)6)49-52-84(83)108(86)101-74(70-35-25-43-90-96(70)76-31-16-20-41-88(76)110-90)39-24-40-75(101)71-37-27-47-94-98(71)78-33-18-22-45-92(78)112-94/h13-61H,1-12H3. The van der Waals surface area contributed by atoms with Crippen molar-refractivity contribution in [2.24, 2.45) is 0 Å². The molecule has 0 saturated carbocycles. The Kier molecular flexibility index (Phi) is 15.4. The highest BCUT2D eigenvalue weighted by Gasteiger charge is 2.47. The lowest BCUT2D eigenvalue weighted by Gasteiger charge is -2.47. The van der Waals surface area contributed by atoms with Gasteiger partial charge in [0.05, 0.1) is 11.4 Å². The van der Waals surface area contributed by atoms with E-state index in [4.69, 9.17) is 8.83 Å². The SMILES string of the molecule is CC(C)(C)c1cc(-c2ccccc2)cc(-c2ccc3c(c2)B2c4ccc(C(C)(C)C)cc4N(c4c(-c5cccc6oc7ccccc7c56)cc(C(C)(C)C)cc4-c4cccc5sc6ccccc6c45)c4cc(C(C)(C)C)cc(c42)N3c2c(-c3cccc4oc5ccccc5c34)cccc2-c2cccc3sc4ccccc4c23)c1. The molecule has 0 radical (unpaired) electrons. The van der Waals surface area contributed by atoms with Gasteiger partial charge < -0.3 is 18.6 Å². The van der Waals surface area contributed by atoms with E-state index in [0.717, 1.165) is 111 Å². The second-order valence-corrected chi connectivity index (χ2v) is 37.6. The third kappa shape index (κ3) is 11.0. The van der Waals surface area contributed by atoms with E-state index in [2.05, 4.69) is 390 Å². The van der Waals surface area contributed by atoms with Crippen LogP contribution in [-0.4, -0.2) is 6.71 Å². The maximum absolute atomic E-state index is 7.00. The molecule has 19 aromatic rings. The molecule has 0 saturated heterocycles. The molecule has 0 aliphatic carbocycles. The molecule has 4 aromatic heterocycles. The van der Waals surface area contributed by atoms with Crippen LogP contribution in [0.1, 0.15) is 105 Å². The van der Waals surface area contributed by atoms with Crippen LogP contribution >= 0.6 is 22.7 Å². The predicted octanol–water partition coefficient (Wildman–Crippen LogP) is 29.5. The van der Waals surface area contributed by atoms with Crippen molar-refractivity contribution in [2.45, 2.75) is 105 Å². The van der Waals surface area contributed by atoms with Crippen molar-refractivity contribution >= 4 is 164 Å². The van der Waals surface area contributed by atoms with E-state index in [1.807, 2.05) is 22.7 Å². The van der Waals surface area contributed by atoms with E-state index in [0.29, 0.717) is 0 Å². The third-order valence-corrected chi connectivity index (χ3v) is 26.5. The van der Waals surface area contributed by atoms with Gasteiger partial charge in [-0.25, -0.2) is 0 Å². The topological polar surface area (TPSA) is 32.8 Å². The minimum atomic E-state index is -0.375. The Morgan fingerprint density at radius 2 is 0.646 bits per heavy atom. The summed E-state index contributed by atoms with van der Waals surface area (Å²) in [6.45, 7) is 28.3. The Bertz CT molecular complexity index is 6930. The summed E-state index contributed by atoms with van der Waals surface area (Å²) in [5, 5.41) is 9.39. The van der Waals surface area contributed by atoms with Crippen LogP contribution < -0.4 is 26.2 Å². The quantitative estimate of drug-likeness (QED) is 0.142. The van der Waals surface area contributed by atoms with Gasteiger partial charge in [-0.1, -0.05) is 289 Å². The van der Waals surface area contributed by atoms with Gasteiger partial charge in [0.2, 0.25) is 0 Å². The smallest absolute Gasteiger partial charge is 0.252 e. The number of hydrogen-bond donors (Lipinski definition) is 0. The summed E-state index contributed by atoms with van der Waals surface area (Å²) >= 11 is 3.76. The average Bonchev–Trinajstić information content (AvgIpc) is 0.753. The fourth-order valence-corrected chi connectivity index (χ4v) is 20.8. The molecule has 0 bridgehead atoms. The number of nitrogens with zero attached hydrogens (tertiary/aromatic N) is 2. The lowest BCUT2D eigenvalue weighted by Crippen LogP contribution is -2.61. The van der Waals surface area contributed by atoms with Crippen molar-refractivity contribution in [2.75, 3.05) is 9.80 Å². The molecule has 2 aliphatic heterocycles. The molecule has 6 heterocycles. The summed E-state index contributed by atoms with van der Waals surface area (Å²) in [6.07, 6.45) is 0. The van der Waals surface area contributed by atoms with E-state index in [1.54, 1.807) is 0 Å². The fourth-order valence-electron chi connectivity index (χ4n) is 18.5. The third-order valence-electron chi connectivity index (χ3n) is 24.3. The molecule has 546 valence electrons. The van der Waals surface area contributed by atoms with Crippen molar-refractivity contribution in [3.63, 3.8) is 0 Å². The molecule has 0 unspecified atom stereocenters. The van der Waals surface area contributed by atoms with E-state index in [-0.39, 0.29) is 28.4 Å².